The molecule has 1 amide bonds. The van der Waals surface area contributed by atoms with E-state index in [9.17, 15) is 9.59 Å². The molecule has 5 nitrogen and oxygen atoms in total. The summed E-state index contributed by atoms with van der Waals surface area (Å²) in [5.74, 6) is 5.07. The number of thiophene rings is 1. The third-order valence-corrected chi connectivity index (χ3v) is 3.47. The summed E-state index contributed by atoms with van der Waals surface area (Å²) in [6.45, 7) is 2.41. The number of aliphatic hydroxyl groups is 1. The average Bonchev–Trinajstić information content (AvgIpc) is 2.95. The number of aliphatic hydroxyl groups excluding tert-OH is 1. The number of rotatable bonds is 6. The number of esters is 1. The fraction of sp³-hybridized carbons (Fsp3) is 0.467. The highest BCUT2D eigenvalue weighted by atomic mass is 32.1. The number of nitrogens with zero attached hydrogens (tertiary/aromatic N) is 1. The first kappa shape index (κ1) is 17.2. The van der Waals surface area contributed by atoms with Crippen LogP contribution in [0.1, 0.15) is 35.0 Å². The van der Waals surface area contributed by atoms with Gasteiger partial charge in [0.05, 0.1) is 24.2 Å². The Kier molecular flexibility index (Phi) is 7.51. The molecule has 6 heteroatoms. The van der Waals surface area contributed by atoms with Gasteiger partial charge in [-0.3, -0.25) is 9.59 Å². The van der Waals surface area contributed by atoms with Gasteiger partial charge in [-0.2, -0.15) is 0 Å². The highest BCUT2D eigenvalue weighted by Crippen LogP contribution is 2.16. The maximum Gasteiger partial charge on any atom is 0.325 e. The Labute approximate surface area is 128 Å². The molecular formula is C15H19NO4S. The highest BCUT2D eigenvalue weighted by Gasteiger charge is 2.19. The second kappa shape index (κ2) is 9.16. The van der Waals surface area contributed by atoms with E-state index in [1.54, 1.807) is 11.4 Å². The van der Waals surface area contributed by atoms with Gasteiger partial charge in [-0.15, -0.1) is 11.3 Å². The first-order chi connectivity index (χ1) is 10.1. The van der Waals surface area contributed by atoms with Crippen molar-refractivity contribution < 1.29 is 19.4 Å². The molecule has 0 radical (unpaired) electrons. The molecular weight excluding hydrogens is 290 g/mol. The Morgan fingerprint density at radius 1 is 1.48 bits per heavy atom. The minimum Gasteiger partial charge on any atom is -0.468 e. The van der Waals surface area contributed by atoms with Crippen LogP contribution in [0.3, 0.4) is 0 Å². The van der Waals surface area contributed by atoms with Gasteiger partial charge in [0.25, 0.3) is 5.91 Å². The number of carbonyl (C=O) groups is 2. The second-order valence-electron chi connectivity index (χ2n) is 4.28. The molecule has 1 aromatic rings. The summed E-state index contributed by atoms with van der Waals surface area (Å²) in [4.78, 5) is 26.0. The zero-order valence-corrected chi connectivity index (χ0v) is 13.0. The summed E-state index contributed by atoms with van der Waals surface area (Å²) in [7, 11) is 1.30. The molecule has 0 bridgehead atoms. The van der Waals surface area contributed by atoms with Gasteiger partial charge in [-0.05, 0) is 12.5 Å². The van der Waals surface area contributed by atoms with Crippen LogP contribution >= 0.6 is 11.3 Å². The van der Waals surface area contributed by atoms with Crippen molar-refractivity contribution in [1.82, 2.24) is 4.90 Å². The average molecular weight is 309 g/mol. The molecule has 114 valence electrons. The Balaban J connectivity index is 2.79. The minimum absolute atomic E-state index is 0.0214. The molecule has 0 atom stereocenters. The summed E-state index contributed by atoms with van der Waals surface area (Å²) >= 11 is 1.37. The van der Waals surface area contributed by atoms with Crippen molar-refractivity contribution in [2.24, 2.45) is 0 Å². The van der Waals surface area contributed by atoms with E-state index in [4.69, 9.17) is 5.11 Å². The van der Waals surface area contributed by atoms with Crippen molar-refractivity contribution in [2.45, 2.75) is 19.8 Å². The van der Waals surface area contributed by atoms with Gasteiger partial charge in [-0.1, -0.05) is 18.8 Å². The van der Waals surface area contributed by atoms with Crippen molar-refractivity contribution in [3.63, 3.8) is 0 Å². The van der Waals surface area contributed by atoms with Crippen LogP contribution in [0.5, 0.6) is 0 Å². The van der Waals surface area contributed by atoms with Crippen molar-refractivity contribution in [3.8, 4) is 11.8 Å². The van der Waals surface area contributed by atoms with Crippen LogP contribution in [0.2, 0.25) is 0 Å². The topological polar surface area (TPSA) is 66.8 Å². The summed E-state index contributed by atoms with van der Waals surface area (Å²) in [5, 5.41) is 10.4. The largest absolute Gasteiger partial charge is 0.468 e. The van der Waals surface area contributed by atoms with Crippen LogP contribution in [0.15, 0.2) is 11.4 Å². The van der Waals surface area contributed by atoms with Crippen LogP contribution in [0, 0.1) is 11.8 Å². The van der Waals surface area contributed by atoms with Gasteiger partial charge < -0.3 is 14.7 Å². The van der Waals surface area contributed by atoms with E-state index in [1.165, 1.54) is 23.3 Å². The molecule has 0 saturated heterocycles. The molecule has 0 saturated carbocycles. The van der Waals surface area contributed by atoms with Crippen molar-refractivity contribution in [3.05, 3.63) is 21.9 Å². The van der Waals surface area contributed by atoms with Crippen LogP contribution in [-0.2, 0) is 9.53 Å². The monoisotopic (exact) mass is 309 g/mol. The number of ether oxygens (including phenoxy) is 1. The normalized spacial score (nSPS) is 9.67. The van der Waals surface area contributed by atoms with E-state index in [2.05, 4.69) is 16.6 Å². The molecule has 1 N–H and O–H groups in total. The molecule has 1 rings (SSSR count). The lowest BCUT2D eigenvalue weighted by atomic mass is 10.2. The lowest BCUT2D eigenvalue weighted by Crippen LogP contribution is -2.36. The van der Waals surface area contributed by atoms with Crippen molar-refractivity contribution in [1.29, 1.82) is 0 Å². The standard InChI is InChI=1S/C15H19NO4S/c1-3-7-16(10-14(18)20-2)15(19)12-9-13(21-11-12)6-4-5-8-17/h9,11,17H,3,5,7-8,10H2,1-2H3. The predicted molar refractivity (Wildman–Crippen MR) is 81.1 cm³/mol. The number of amides is 1. The van der Waals surface area contributed by atoms with Gasteiger partial charge in [0, 0.05) is 18.3 Å². The number of methoxy groups -OCH3 is 1. The van der Waals surface area contributed by atoms with E-state index >= 15 is 0 Å². The Morgan fingerprint density at radius 2 is 2.24 bits per heavy atom. The fourth-order valence-corrected chi connectivity index (χ4v) is 2.39. The zero-order chi connectivity index (χ0) is 15.7. The van der Waals surface area contributed by atoms with Crippen LogP contribution < -0.4 is 0 Å². The summed E-state index contributed by atoms with van der Waals surface area (Å²) in [6, 6.07) is 1.71. The molecule has 0 fully saturated rings. The SMILES string of the molecule is CCCN(CC(=O)OC)C(=O)c1csc(C#CCCO)c1. The van der Waals surface area contributed by atoms with Crippen LogP contribution in [0.4, 0.5) is 0 Å². The van der Waals surface area contributed by atoms with E-state index in [-0.39, 0.29) is 19.1 Å². The molecule has 0 spiro atoms. The van der Waals surface area contributed by atoms with Gasteiger partial charge in [0.2, 0.25) is 0 Å². The van der Waals surface area contributed by atoms with Gasteiger partial charge in [0.1, 0.15) is 6.54 Å². The van der Waals surface area contributed by atoms with E-state index in [0.717, 1.165) is 11.3 Å². The lowest BCUT2D eigenvalue weighted by molar-refractivity contribution is -0.141. The molecule has 1 aromatic heterocycles. The summed E-state index contributed by atoms with van der Waals surface area (Å²) < 4.78 is 4.61. The Morgan fingerprint density at radius 3 is 2.86 bits per heavy atom. The smallest absolute Gasteiger partial charge is 0.325 e. The van der Waals surface area contributed by atoms with Gasteiger partial charge >= 0.3 is 5.97 Å². The van der Waals surface area contributed by atoms with E-state index in [0.29, 0.717) is 18.5 Å². The lowest BCUT2D eigenvalue weighted by Gasteiger charge is -2.20. The maximum absolute atomic E-state index is 12.4. The molecule has 0 aliphatic heterocycles. The Bertz CT molecular complexity index is 541. The molecule has 0 aromatic carbocycles. The maximum atomic E-state index is 12.4. The van der Waals surface area contributed by atoms with Gasteiger partial charge in [0.15, 0.2) is 0 Å². The Hall–Kier alpha value is -1.84. The summed E-state index contributed by atoms with van der Waals surface area (Å²) in [5.41, 5.74) is 0.519. The number of hydrogen-bond donors (Lipinski definition) is 1. The minimum atomic E-state index is -0.435. The van der Waals surface area contributed by atoms with Crippen molar-refractivity contribution >= 4 is 23.2 Å². The molecule has 0 aliphatic rings. The van der Waals surface area contributed by atoms with Crippen LogP contribution in [-0.4, -0.2) is 48.7 Å². The third kappa shape index (κ3) is 5.58. The predicted octanol–water partition coefficient (Wildman–Crippen LogP) is 1.51. The van der Waals surface area contributed by atoms with E-state index in [1.807, 2.05) is 6.92 Å². The molecule has 0 aliphatic carbocycles. The van der Waals surface area contributed by atoms with Gasteiger partial charge in [-0.25, -0.2) is 0 Å². The first-order valence-corrected chi connectivity index (χ1v) is 7.54. The molecule has 21 heavy (non-hydrogen) atoms. The molecule has 1 heterocycles. The van der Waals surface area contributed by atoms with Crippen LogP contribution in [0.25, 0.3) is 0 Å². The molecule has 0 unspecified atom stereocenters. The van der Waals surface area contributed by atoms with E-state index < -0.39 is 5.97 Å². The summed E-state index contributed by atoms with van der Waals surface area (Å²) in [6.07, 6.45) is 1.17. The number of carbonyl (C=O) groups excluding carboxylic acids is 2. The quantitative estimate of drug-likeness (QED) is 0.639. The fourth-order valence-electron chi connectivity index (χ4n) is 1.64. The van der Waals surface area contributed by atoms with Crippen molar-refractivity contribution in [2.75, 3.05) is 26.8 Å². The second-order valence-corrected chi connectivity index (χ2v) is 5.19. The highest BCUT2D eigenvalue weighted by molar-refractivity contribution is 7.10. The first-order valence-electron chi connectivity index (χ1n) is 6.66. The third-order valence-electron chi connectivity index (χ3n) is 2.62. The zero-order valence-electron chi connectivity index (χ0n) is 12.2. The number of hydrogen-bond acceptors (Lipinski definition) is 5.